The molecule has 4 rings (SSSR count). The minimum Gasteiger partial charge on any atom is -0.508 e. The van der Waals surface area contributed by atoms with Crippen molar-refractivity contribution in [1.29, 1.82) is 0 Å². The van der Waals surface area contributed by atoms with E-state index in [4.69, 9.17) is 9.40 Å². The number of phenolic OH excluding ortho intramolecular Hbond substituents is 1. The number of oxazole rings is 1. The Morgan fingerprint density at radius 1 is 1.07 bits per heavy atom. The van der Waals surface area contributed by atoms with E-state index in [1.54, 1.807) is 6.07 Å². The molecule has 1 aliphatic carbocycles. The highest BCUT2D eigenvalue weighted by Crippen LogP contribution is 2.46. The lowest BCUT2D eigenvalue weighted by Gasteiger charge is -2.39. The van der Waals surface area contributed by atoms with E-state index >= 15 is 0 Å². The van der Waals surface area contributed by atoms with E-state index in [-0.39, 0.29) is 5.41 Å². The topological polar surface area (TPSA) is 46.3 Å². The van der Waals surface area contributed by atoms with Crippen LogP contribution in [-0.4, -0.2) is 10.1 Å². The molecule has 1 N–H and O–H groups in total. The number of aromatic nitrogens is 1. The first-order valence-electron chi connectivity index (χ1n) is 10.8. The van der Waals surface area contributed by atoms with Crippen molar-refractivity contribution in [2.45, 2.75) is 72.1 Å². The first-order valence-corrected chi connectivity index (χ1v) is 10.8. The van der Waals surface area contributed by atoms with Gasteiger partial charge in [-0.3, -0.25) is 0 Å². The Kier molecular flexibility index (Phi) is 4.76. The molecule has 0 spiro atoms. The zero-order valence-corrected chi connectivity index (χ0v) is 18.5. The zero-order chi connectivity index (χ0) is 21.0. The molecule has 0 saturated heterocycles. The lowest BCUT2D eigenvalue weighted by molar-refractivity contribution is 0.168. The Balaban J connectivity index is 1.69. The SMILES string of the molecule is CC1CC(c2ccc3oc(-c4ccc(O)c(C(C)(C)C)c4)nc3c2)CC(C)(C)C1. The number of hydrogen-bond acceptors (Lipinski definition) is 3. The fourth-order valence-electron chi connectivity index (χ4n) is 5.19. The Bertz CT molecular complexity index is 1040. The van der Waals surface area contributed by atoms with Gasteiger partial charge in [-0.1, -0.05) is 47.6 Å². The molecule has 3 aromatic rings. The van der Waals surface area contributed by atoms with Crippen molar-refractivity contribution < 1.29 is 9.52 Å². The normalized spacial score (nSPS) is 22.1. The van der Waals surface area contributed by atoms with E-state index in [1.807, 2.05) is 12.1 Å². The highest BCUT2D eigenvalue weighted by atomic mass is 16.3. The predicted molar refractivity (Wildman–Crippen MR) is 119 cm³/mol. The van der Waals surface area contributed by atoms with Crippen molar-refractivity contribution in [2.24, 2.45) is 11.3 Å². The molecule has 3 nitrogen and oxygen atoms in total. The molecule has 0 aliphatic heterocycles. The molecule has 2 unspecified atom stereocenters. The first kappa shape index (κ1) is 20.0. The molecule has 0 amide bonds. The van der Waals surface area contributed by atoms with Gasteiger partial charge in [-0.05, 0) is 77.8 Å². The van der Waals surface area contributed by atoms with Gasteiger partial charge in [0.25, 0.3) is 0 Å². The smallest absolute Gasteiger partial charge is 0.227 e. The molecule has 2 aromatic carbocycles. The molecule has 29 heavy (non-hydrogen) atoms. The van der Waals surface area contributed by atoms with Crippen molar-refractivity contribution >= 4 is 11.1 Å². The van der Waals surface area contributed by atoms with E-state index < -0.39 is 0 Å². The maximum atomic E-state index is 10.3. The maximum Gasteiger partial charge on any atom is 0.227 e. The van der Waals surface area contributed by atoms with Crippen LogP contribution >= 0.6 is 0 Å². The van der Waals surface area contributed by atoms with Crippen LogP contribution < -0.4 is 0 Å². The molecule has 1 aliphatic rings. The number of rotatable bonds is 2. The number of benzene rings is 2. The van der Waals surface area contributed by atoms with Crippen LogP contribution in [0.5, 0.6) is 5.75 Å². The number of fused-ring (bicyclic) bond motifs is 1. The van der Waals surface area contributed by atoms with Crippen LogP contribution in [0.3, 0.4) is 0 Å². The van der Waals surface area contributed by atoms with Gasteiger partial charge < -0.3 is 9.52 Å². The van der Waals surface area contributed by atoms with Crippen LogP contribution in [0.4, 0.5) is 0 Å². The molecule has 0 radical (unpaired) electrons. The molecule has 1 aromatic heterocycles. The fourth-order valence-corrected chi connectivity index (χ4v) is 5.19. The Morgan fingerprint density at radius 2 is 1.83 bits per heavy atom. The number of phenols is 1. The van der Waals surface area contributed by atoms with Gasteiger partial charge in [0.2, 0.25) is 5.89 Å². The molecule has 1 saturated carbocycles. The summed E-state index contributed by atoms with van der Waals surface area (Å²) in [6.45, 7) is 13.4. The zero-order valence-electron chi connectivity index (χ0n) is 18.5. The van der Waals surface area contributed by atoms with Gasteiger partial charge in [-0.25, -0.2) is 4.98 Å². The Hall–Kier alpha value is -2.29. The highest BCUT2D eigenvalue weighted by Gasteiger charge is 2.33. The highest BCUT2D eigenvalue weighted by molar-refractivity contribution is 5.77. The third-order valence-electron chi connectivity index (χ3n) is 6.32. The predicted octanol–water partition coefficient (Wildman–Crippen LogP) is 7.43. The molecule has 3 heteroatoms. The summed E-state index contributed by atoms with van der Waals surface area (Å²) < 4.78 is 6.07. The van der Waals surface area contributed by atoms with Gasteiger partial charge in [0.05, 0.1) is 0 Å². The van der Waals surface area contributed by atoms with Gasteiger partial charge in [-0.15, -0.1) is 0 Å². The van der Waals surface area contributed by atoms with Crippen LogP contribution in [-0.2, 0) is 5.41 Å². The molecular formula is C26H33NO2. The summed E-state index contributed by atoms with van der Waals surface area (Å²) in [5, 5.41) is 10.3. The summed E-state index contributed by atoms with van der Waals surface area (Å²) in [4.78, 5) is 4.80. The second-order valence-corrected chi connectivity index (χ2v) is 10.8. The number of aromatic hydroxyl groups is 1. The second kappa shape index (κ2) is 6.90. The molecule has 0 bridgehead atoms. The number of hydrogen-bond donors (Lipinski definition) is 1. The summed E-state index contributed by atoms with van der Waals surface area (Å²) >= 11 is 0. The average molecular weight is 392 g/mol. The third kappa shape index (κ3) is 4.05. The van der Waals surface area contributed by atoms with Gasteiger partial charge in [0.15, 0.2) is 5.58 Å². The molecule has 154 valence electrons. The van der Waals surface area contributed by atoms with E-state index in [1.165, 1.54) is 24.8 Å². The monoisotopic (exact) mass is 391 g/mol. The van der Waals surface area contributed by atoms with Crippen molar-refractivity contribution in [3.63, 3.8) is 0 Å². The third-order valence-corrected chi connectivity index (χ3v) is 6.32. The summed E-state index contributed by atoms with van der Waals surface area (Å²) in [6, 6.07) is 12.1. The lowest BCUT2D eigenvalue weighted by atomic mass is 9.66. The quantitative estimate of drug-likeness (QED) is 0.494. The van der Waals surface area contributed by atoms with Crippen LogP contribution in [0, 0.1) is 11.3 Å². The van der Waals surface area contributed by atoms with Crippen LogP contribution in [0.25, 0.3) is 22.6 Å². The first-order chi connectivity index (χ1) is 13.5. The Morgan fingerprint density at radius 3 is 2.52 bits per heavy atom. The number of nitrogens with zero attached hydrogens (tertiary/aromatic N) is 1. The van der Waals surface area contributed by atoms with Crippen LogP contribution in [0.1, 0.15) is 77.8 Å². The minimum atomic E-state index is -0.149. The minimum absolute atomic E-state index is 0.149. The van der Waals surface area contributed by atoms with Crippen LogP contribution in [0.2, 0.25) is 0 Å². The standard InChI is InChI=1S/C26H33NO2/c1-16-11-19(15-26(5,6)14-16)17-8-10-23-21(13-17)27-24(29-23)18-7-9-22(28)20(12-18)25(2,3)4/h7-10,12-13,16,19,28H,11,14-15H2,1-6H3. The van der Waals surface area contributed by atoms with E-state index in [9.17, 15) is 5.11 Å². The van der Waals surface area contributed by atoms with Crippen molar-refractivity contribution in [2.75, 3.05) is 0 Å². The molecule has 1 fully saturated rings. The van der Waals surface area contributed by atoms with Gasteiger partial charge in [0.1, 0.15) is 11.3 Å². The summed E-state index contributed by atoms with van der Waals surface area (Å²) in [5.74, 6) is 2.26. The Labute approximate surface area is 174 Å². The fraction of sp³-hybridized carbons (Fsp3) is 0.500. The van der Waals surface area contributed by atoms with Gasteiger partial charge in [-0.2, -0.15) is 0 Å². The van der Waals surface area contributed by atoms with E-state index in [0.29, 0.717) is 23.0 Å². The summed E-state index contributed by atoms with van der Waals surface area (Å²) in [5.41, 5.74) is 5.15. The van der Waals surface area contributed by atoms with Gasteiger partial charge in [0, 0.05) is 11.1 Å². The van der Waals surface area contributed by atoms with Crippen molar-refractivity contribution in [1.82, 2.24) is 4.98 Å². The van der Waals surface area contributed by atoms with Crippen molar-refractivity contribution in [3.05, 3.63) is 47.5 Å². The average Bonchev–Trinajstić information content (AvgIpc) is 3.02. The summed E-state index contributed by atoms with van der Waals surface area (Å²) in [7, 11) is 0. The summed E-state index contributed by atoms with van der Waals surface area (Å²) in [6.07, 6.45) is 3.77. The molecular weight excluding hydrogens is 358 g/mol. The van der Waals surface area contributed by atoms with E-state index in [0.717, 1.165) is 28.1 Å². The van der Waals surface area contributed by atoms with E-state index in [2.05, 4.69) is 59.7 Å². The molecule has 1 heterocycles. The molecule has 2 atom stereocenters. The van der Waals surface area contributed by atoms with Gasteiger partial charge >= 0.3 is 0 Å². The second-order valence-electron chi connectivity index (χ2n) is 10.8. The maximum absolute atomic E-state index is 10.3. The largest absolute Gasteiger partial charge is 0.508 e. The van der Waals surface area contributed by atoms with Crippen molar-refractivity contribution in [3.8, 4) is 17.2 Å². The van der Waals surface area contributed by atoms with Crippen LogP contribution in [0.15, 0.2) is 40.8 Å². The lowest BCUT2D eigenvalue weighted by Crippen LogP contribution is -2.26.